The molecular weight excluding hydrogens is 359 g/mol. The van der Waals surface area contributed by atoms with E-state index in [4.69, 9.17) is 16.3 Å². The number of nitro groups is 1. The summed E-state index contributed by atoms with van der Waals surface area (Å²) in [5, 5.41) is 10.5. The van der Waals surface area contributed by atoms with Gasteiger partial charge in [-0.3, -0.25) is 10.1 Å². The van der Waals surface area contributed by atoms with Crippen molar-refractivity contribution in [2.75, 3.05) is 0 Å². The van der Waals surface area contributed by atoms with Gasteiger partial charge in [-0.2, -0.15) is 0 Å². The predicted octanol–water partition coefficient (Wildman–Crippen LogP) is 5.08. The number of nitrogens with zero attached hydrogens (tertiary/aromatic N) is 1. The Bertz CT molecular complexity index is 697. The lowest BCUT2D eigenvalue weighted by atomic mass is 10.2. The van der Waals surface area contributed by atoms with Gasteiger partial charge < -0.3 is 4.74 Å². The summed E-state index contributed by atoms with van der Waals surface area (Å²) in [6, 6.07) is 5.29. The maximum atomic E-state index is 13.4. The maximum absolute atomic E-state index is 13.4. The number of nitro benzene ring substituents is 1. The molecule has 2 aromatic carbocycles. The molecule has 0 saturated heterocycles. The Morgan fingerprint density at radius 1 is 1.20 bits per heavy atom. The van der Waals surface area contributed by atoms with Crippen molar-refractivity contribution in [1.82, 2.24) is 0 Å². The fourth-order valence-electron chi connectivity index (χ4n) is 1.41. The van der Waals surface area contributed by atoms with Gasteiger partial charge in [0.2, 0.25) is 5.75 Å². The molecule has 2 aromatic rings. The van der Waals surface area contributed by atoms with Crippen LogP contribution in [0.5, 0.6) is 11.5 Å². The zero-order valence-corrected chi connectivity index (χ0v) is 11.9. The molecule has 0 unspecified atom stereocenters. The number of ether oxygens (including phenoxy) is 1. The minimum absolute atomic E-state index is 0.114. The Kier molecular flexibility index (Phi) is 4.20. The Balaban J connectivity index is 2.44. The Hall–Kier alpha value is -1.73. The molecule has 2 rings (SSSR count). The first-order chi connectivity index (χ1) is 9.38. The zero-order valence-electron chi connectivity index (χ0n) is 9.57. The van der Waals surface area contributed by atoms with Gasteiger partial charge in [0.15, 0.2) is 0 Å². The van der Waals surface area contributed by atoms with Gasteiger partial charge in [-0.25, -0.2) is 8.78 Å². The molecule has 0 aromatic heterocycles. The fourth-order valence-corrected chi connectivity index (χ4v) is 1.93. The van der Waals surface area contributed by atoms with Gasteiger partial charge in [-0.1, -0.05) is 11.6 Å². The van der Waals surface area contributed by atoms with Crippen LogP contribution in [0.25, 0.3) is 0 Å². The quantitative estimate of drug-likeness (QED) is 0.563. The molecule has 0 fully saturated rings. The van der Waals surface area contributed by atoms with Crippen LogP contribution in [-0.2, 0) is 0 Å². The van der Waals surface area contributed by atoms with Crippen molar-refractivity contribution >= 4 is 33.2 Å². The van der Waals surface area contributed by atoms with Gasteiger partial charge in [-0.15, -0.1) is 0 Å². The number of rotatable bonds is 3. The lowest BCUT2D eigenvalue weighted by Gasteiger charge is -2.07. The molecule has 0 atom stereocenters. The van der Waals surface area contributed by atoms with Gasteiger partial charge in [0.1, 0.15) is 17.4 Å². The summed E-state index contributed by atoms with van der Waals surface area (Å²) in [4.78, 5) is 10.1. The SMILES string of the molecule is O=[N+]([O-])c1cc(Cl)c(F)cc1Oc1ccc(F)c(Br)c1. The molecule has 0 heterocycles. The van der Waals surface area contributed by atoms with Crippen molar-refractivity contribution in [3.8, 4) is 11.5 Å². The van der Waals surface area contributed by atoms with Gasteiger partial charge >= 0.3 is 5.69 Å². The van der Waals surface area contributed by atoms with Crippen LogP contribution in [0, 0.1) is 21.7 Å². The lowest BCUT2D eigenvalue weighted by Crippen LogP contribution is -1.95. The summed E-state index contributed by atoms with van der Waals surface area (Å²) in [5.74, 6) is -1.58. The Morgan fingerprint density at radius 3 is 2.50 bits per heavy atom. The summed E-state index contributed by atoms with van der Waals surface area (Å²) >= 11 is 8.44. The van der Waals surface area contributed by atoms with E-state index < -0.39 is 22.2 Å². The van der Waals surface area contributed by atoms with Crippen molar-refractivity contribution < 1.29 is 18.4 Å². The second-order valence-electron chi connectivity index (χ2n) is 3.67. The van der Waals surface area contributed by atoms with Crippen molar-refractivity contribution in [2.45, 2.75) is 0 Å². The molecule has 0 spiro atoms. The van der Waals surface area contributed by atoms with E-state index in [1.165, 1.54) is 12.1 Å². The van der Waals surface area contributed by atoms with E-state index in [-0.39, 0.29) is 21.0 Å². The molecule has 0 N–H and O–H groups in total. The molecule has 4 nitrogen and oxygen atoms in total. The van der Waals surface area contributed by atoms with E-state index in [9.17, 15) is 18.9 Å². The van der Waals surface area contributed by atoms with Crippen LogP contribution in [0.4, 0.5) is 14.5 Å². The minimum atomic E-state index is -0.853. The van der Waals surface area contributed by atoms with Gasteiger partial charge in [0.25, 0.3) is 0 Å². The van der Waals surface area contributed by atoms with Crippen LogP contribution in [0.15, 0.2) is 34.8 Å². The number of benzene rings is 2. The molecule has 0 saturated carbocycles. The highest BCUT2D eigenvalue weighted by molar-refractivity contribution is 9.10. The Labute approximate surface area is 125 Å². The van der Waals surface area contributed by atoms with Crippen LogP contribution in [0.2, 0.25) is 5.02 Å². The Morgan fingerprint density at radius 2 is 1.90 bits per heavy atom. The molecule has 0 amide bonds. The lowest BCUT2D eigenvalue weighted by molar-refractivity contribution is -0.385. The molecule has 0 aliphatic rings. The molecule has 8 heteroatoms. The third-order valence-electron chi connectivity index (χ3n) is 2.32. The number of hydrogen-bond donors (Lipinski definition) is 0. The van der Waals surface area contributed by atoms with Crippen LogP contribution < -0.4 is 4.74 Å². The molecule has 0 radical (unpaired) electrons. The highest BCUT2D eigenvalue weighted by Gasteiger charge is 2.20. The highest BCUT2D eigenvalue weighted by atomic mass is 79.9. The predicted molar refractivity (Wildman–Crippen MR) is 72.2 cm³/mol. The van der Waals surface area contributed by atoms with Crippen LogP contribution in [0.3, 0.4) is 0 Å². The summed E-state index contributed by atoms with van der Waals surface area (Å²) in [6.07, 6.45) is 0. The number of halogens is 4. The fraction of sp³-hybridized carbons (Fsp3) is 0. The molecule has 0 aliphatic carbocycles. The van der Waals surface area contributed by atoms with Crippen molar-refractivity contribution in [3.05, 3.63) is 61.6 Å². The first-order valence-corrected chi connectivity index (χ1v) is 6.32. The summed E-state index contributed by atoms with van der Waals surface area (Å²) in [5.41, 5.74) is -0.489. The average Bonchev–Trinajstić information content (AvgIpc) is 2.37. The largest absolute Gasteiger partial charge is 0.450 e. The van der Waals surface area contributed by atoms with Gasteiger partial charge in [0, 0.05) is 12.1 Å². The second-order valence-corrected chi connectivity index (χ2v) is 4.93. The molecule has 0 bridgehead atoms. The molecule has 104 valence electrons. The highest BCUT2D eigenvalue weighted by Crippen LogP contribution is 2.36. The van der Waals surface area contributed by atoms with Crippen molar-refractivity contribution in [1.29, 1.82) is 0 Å². The van der Waals surface area contributed by atoms with Crippen LogP contribution in [0.1, 0.15) is 0 Å². The molecule has 20 heavy (non-hydrogen) atoms. The first kappa shape index (κ1) is 14.7. The standard InChI is InChI=1S/C12H5BrClF2NO3/c13-7-3-6(1-2-9(7)15)20-12-5-10(16)8(14)4-11(12)17(18)19/h1-5H. The van der Waals surface area contributed by atoms with Crippen molar-refractivity contribution in [2.24, 2.45) is 0 Å². The topological polar surface area (TPSA) is 52.4 Å². The third kappa shape index (κ3) is 3.05. The van der Waals surface area contributed by atoms with E-state index in [0.29, 0.717) is 0 Å². The van der Waals surface area contributed by atoms with Gasteiger partial charge in [-0.05, 0) is 34.1 Å². The van der Waals surface area contributed by atoms with E-state index >= 15 is 0 Å². The van der Waals surface area contributed by atoms with Crippen molar-refractivity contribution in [3.63, 3.8) is 0 Å². The zero-order chi connectivity index (χ0) is 14.9. The maximum Gasteiger partial charge on any atom is 0.313 e. The monoisotopic (exact) mass is 363 g/mol. The van der Waals surface area contributed by atoms with Crippen LogP contribution >= 0.6 is 27.5 Å². The third-order valence-corrected chi connectivity index (χ3v) is 3.21. The second kappa shape index (κ2) is 5.72. The smallest absolute Gasteiger partial charge is 0.313 e. The summed E-state index contributed by atoms with van der Waals surface area (Å²) < 4.78 is 31.8. The number of hydrogen-bond acceptors (Lipinski definition) is 3. The molecular formula is C12H5BrClF2NO3. The minimum Gasteiger partial charge on any atom is -0.450 e. The normalized spacial score (nSPS) is 10.4. The van der Waals surface area contributed by atoms with E-state index in [1.807, 2.05) is 0 Å². The van der Waals surface area contributed by atoms with Gasteiger partial charge in [0.05, 0.1) is 14.4 Å². The van der Waals surface area contributed by atoms with E-state index in [1.54, 1.807) is 0 Å². The average molecular weight is 365 g/mol. The van der Waals surface area contributed by atoms with E-state index in [0.717, 1.165) is 18.2 Å². The summed E-state index contributed by atoms with van der Waals surface area (Å²) in [6.45, 7) is 0. The first-order valence-electron chi connectivity index (χ1n) is 5.15. The molecule has 0 aliphatic heterocycles. The van der Waals surface area contributed by atoms with E-state index in [2.05, 4.69) is 15.9 Å². The van der Waals surface area contributed by atoms with Crippen LogP contribution in [-0.4, -0.2) is 4.92 Å². The summed E-state index contributed by atoms with van der Waals surface area (Å²) in [7, 11) is 0.